The number of nitrogens with one attached hydrogen (secondary N) is 2. The van der Waals surface area contributed by atoms with Crippen LogP contribution in [0.2, 0.25) is 0 Å². The van der Waals surface area contributed by atoms with Gasteiger partial charge in [0.05, 0.1) is 0 Å². The molecule has 33 heavy (non-hydrogen) atoms. The number of ether oxygens (including phenoxy) is 1. The molecule has 1 rings (SSSR count). The highest BCUT2D eigenvalue weighted by atomic mass is 16.6. The molecule has 0 aromatic heterocycles. The van der Waals surface area contributed by atoms with Gasteiger partial charge in [-0.15, -0.1) is 0 Å². The standard InChI is InChI=1S/C25H37N3O5/c1-11-28(22(31)18(15(2)3)26-23(32)33-25(8,9)10)19(21(30)27-24(5,6)7)17-14-12-13-16(4)20(17)29/h1,12-15,18-19,29H,2-10H3,(H,26,32)(H,27,30). The Labute approximate surface area is 197 Å². The molecule has 182 valence electrons. The number of phenolic OH excluding ortho intramolecular Hbond substituents is 1. The topological polar surface area (TPSA) is 108 Å². The molecule has 0 aliphatic heterocycles. The second-order valence-corrected chi connectivity index (χ2v) is 10.4. The van der Waals surface area contributed by atoms with E-state index < -0.39 is 41.1 Å². The van der Waals surface area contributed by atoms with Crippen molar-refractivity contribution in [2.45, 2.75) is 85.5 Å². The monoisotopic (exact) mass is 459 g/mol. The first-order valence-corrected chi connectivity index (χ1v) is 10.9. The first-order chi connectivity index (χ1) is 15.0. The minimum atomic E-state index is -1.32. The number of alkyl carbamates (subject to hydrolysis) is 1. The maximum atomic E-state index is 13.5. The van der Waals surface area contributed by atoms with Crippen molar-refractivity contribution in [1.29, 1.82) is 0 Å². The van der Waals surface area contributed by atoms with Gasteiger partial charge in [-0.3, -0.25) is 14.5 Å². The highest BCUT2D eigenvalue weighted by molar-refractivity contribution is 5.94. The van der Waals surface area contributed by atoms with Crippen LogP contribution in [-0.2, 0) is 14.3 Å². The summed E-state index contributed by atoms with van der Waals surface area (Å²) in [5.41, 5.74) is -0.673. The number of carbonyl (C=O) groups is 3. The van der Waals surface area contributed by atoms with Crippen molar-refractivity contribution >= 4 is 17.9 Å². The Morgan fingerprint density at radius 1 is 1.12 bits per heavy atom. The summed E-state index contributed by atoms with van der Waals surface area (Å²) in [7, 11) is 0. The van der Waals surface area contributed by atoms with Crippen molar-refractivity contribution in [3.05, 3.63) is 29.3 Å². The molecule has 0 saturated heterocycles. The second kappa shape index (κ2) is 10.6. The molecule has 8 nitrogen and oxygen atoms in total. The van der Waals surface area contributed by atoms with E-state index in [2.05, 4.69) is 16.7 Å². The fourth-order valence-corrected chi connectivity index (χ4v) is 3.10. The van der Waals surface area contributed by atoms with Crippen LogP contribution in [0.15, 0.2) is 18.2 Å². The van der Waals surface area contributed by atoms with Crippen molar-refractivity contribution < 1.29 is 24.2 Å². The van der Waals surface area contributed by atoms with Crippen molar-refractivity contribution in [1.82, 2.24) is 15.5 Å². The van der Waals surface area contributed by atoms with Gasteiger partial charge in [0.15, 0.2) is 6.04 Å². The van der Waals surface area contributed by atoms with Gasteiger partial charge in [-0.05, 0) is 59.9 Å². The Kier molecular flexibility index (Phi) is 8.94. The fourth-order valence-electron chi connectivity index (χ4n) is 3.10. The zero-order chi connectivity index (χ0) is 25.7. The molecule has 0 heterocycles. The van der Waals surface area contributed by atoms with Gasteiger partial charge in [0.1, 0.15) is 17.4 Å². The lowest BCUT2D eigenvalue weighted by atomic mass is 9.96. The van der Waals surface area contributed by atoms with Gasteiger partial charge >= 0.3 is 6.09 Å². The third-order valence-corrected chi connectivity index (χ3v) is 4.55. The van der Waals surface area contributed by atoms with Crippen molar-refractivity contribution in [2.75, 3.05) is 0 Å². The summed E-state index contributed by atoms with van der Waals surface area (Å²) in [5, 5.41) is 16.1. The summed E-state index contributed by atoms with van der Waals surface area (Å²) in [6, 6.07) is 4.80. The van der Waals surface area contributed by atoms with Crippen LogP contribution in [0.1, 0.15) is 72.6 Å². The summed E-state index contributed by atoms with van der Waals surface area (Å²) in [5.74, 6) is -1.73. The molecule has 0 saturated carbocycles. The number of carbonyl (C=O) groups excluding carboxylic acids is 3. The molecule has 2 unspecified atom stereocenters. The smallest absolute Gasteiger partial charge is 0.408 e. The van der Waals surface area contributed by atoms with Gasteiger partial charge in [-0.1, -0.05) is 38.5 Å². The zero-order valence-corrected chi connectivity index (χ0v) is 21.1. The minimum Gasteiger partial charge on any atom is -0.507 e. The number of hydrogen-bond acceptors (Lipinski definition) is 5. The second-order valence-electron chi connectivity index (χ2n) is 10.4. The van der Waals surface area contributed by atoms with Gasteiger partial charge in [0, 0.05) is 17.1 Å². The van der Waals surface area contributed by atoms with E-state index >= 15 is 0 Å². The Bertz CT molecular complexity index is 919. The van der Waals surface area contributed by atoms with Crippen molar-refractivity contribution in [3.63, 3.8) is 0 Å². The molecule has 0 fully saturated rings. The van der Waals surface area contributed by atoms with Crippen LogP contribution in [0.5, 0.6) is 5.75 Å². The summed E-state index contributed by atoms with van der Waals surface area (Å²) >= 11 is 0. The molecule has 0 aliphatic carbocycles. The lowest BCUT2D eigenvalue weighted by molar-refractivity contribution is -0.140. The van der Waals surface area contributed by atoms with Crippen molar-refractivity contribution in [3.8, 4) is 18.2 Å². The van der Waals surface area contributed by atoms with Crippen LogP contribution in [0, 0.1) is 25.3 Å². The number of phenols is 1. The average molecular weight is 460 g/mol. The summed E-state index contributed by atoms with van der Waals surface area (Å²) in [4.78, 5) is 40.1. The van der Waals surface area contributed by atoms with Gasteiger partial charge in [-0.2, -0.15) is 0 Å². The Morgan fingerprint density at radius 2 is 1.70 bits per heavy atom. The van der Waals surface area contributed by atoms with Crippen LogP contribution in [0.25, 0.3) is 0 Å². The largest absolute Gasteiger partial charge is 0.507 e. The molecule has 0 spiro atoms. The van der Waals surface area contributed by atoms with Crippen LogP contribution < -0.4 is 10.6 Å². The molecule has 2 atom stereocenters. The first kappa shape index (κ1) is 27.8. The average Bonchev–Trinajstić information content (AvgIpc) is 2.63. The predicted molar refractivity (Wildman–Crippen MR) is 127 cm³/mol. The molecule has 1 aromatic carbocycles. The first-order valence-electron chi connectivity index (χ1n) is 10.9. The number of aromatic hydroxyl groups is 1. The molecule has 0 bridgehead atoms. The lowest BCUT2D eigenvalue weighted by Gasteiger charge is -2.33. The normalized spacial score (nSPS) is 13.5. The van der Waals surface area contributed by atoms with E-state index in [1.54, 1.807) is 80.5 Å². The number of aryl methyl sites for hydroxylation is 1. The molecule has 3 N–H and O–H groups in total. The van der Waals surface area contributed by atoms with Crippen LogP contribution in [0.3, 0.4) is 0 Å². The van der Waals surface area contributed by atoms with E-state index in [4.69, 9.17) is 11.2 Å². The number of hydrogen-bond donors (Lipinski definition) is 3. The maximum Gasteiger partial charge on any atom is 0.408 e. The molecule has 0 aliphatic rings. The van der Waals surface area contributed by atoms with E-state index in [-0.39, 0.29) is 17.2 Å². The molecule has 3 amide bonds. The number of terminal acetylenes is 1. The molecule has 0 radical (unpaired) electrons. The SMILES string of the molecule is C#CN(C(=O)C(NC(=O)OC(C)(C)C)C(C)C)C(C(=O)NC(C)(C)C)c1cccc(C)c1O. The number of rotatable bonds is 6. The quantitative estimate of drug-likeness (QED) is 0.445. The third kappa shape index (κ3) is 8.01. The van der Waals surface area contributed by atoms with Crippen LogP contribution >= 0.6 is 0 Å². The zero-order valence-electron chi connectivity index (χ0n) is 21.1. The molecule has 8 heteroatoms. The van der Waals surface area contributed by atoms with Gasteiger partial charge in [-0.25, -0.2) is 4.79 Å². The van der Waals surface area contributed by atoms with E-state index in [1.165, 1.54) is 0 Å². The number of para-hydroxylation sites is 1. The number of nitrogens with zero attached hydrogens (tertiary/aromatic N) is 1. The molecule has 1 aromatic rings. The van der Waals surface area contributed by atoms with E-state index in [0.717, 1.165) is 4.90 Å². The number of benzene rings is 1. The minimum absolute atomic E-state index is 0.138. The maximum absolute atomic E-state index is 13.5. The van der Waals surface area contributed by atoms with E-state index in [0.29, 0.717) is 5.56 Å². The summed E-state index contributed by atoms with van der Waals surface area (Å²) in [6.07, 6.45) is 4.94. The van der Waals surface area contributed by atoms with Crippen LogP contribution in [0.4, 0.5) is 4.79 Å². The van der Waals surface area contributed by atoms with Gasteiger partial charge in [0.25, 0.3) is 5.91 Å². The number of amides is 3. The lowest BCUT2D eigenvalue weighted by Crippen LogP contribution is -2.54. The van der Waals surface area contributed by atoms with Gasteiger partial charge in [0.2, 0.25) is 5.91 Å². The predicted octanol–water partition coefficient (Wildman–Crippen LogP) is 3.63. The highest BCUT2D eigenvalue weighted by Crippen LogP contribution is 2.32. The Balaban J connectivity index is 3.48. The van der Waals surface area contributed by atoms with Crippen LogP contribution in [-0.4, -0.2) is 45.1 Å². The highest BCUT2D eigenvalue weighted by Gasteiger charge is 2.39. The van der Waals surface area contributed by atoms with E-state index in [1.807, 2.05) is 0 Å². The Morgan fingerprint density at radius 3 is 2.15 bits per heavy atom. The fraction of sp³-hybridized carbons (Fsp3) is 0.560. The molecular weight excluding hydrogens is 422 g/mol. The molecular formula is C25H37N3O5. The Hall–Kier alpha value is -3.21. The third-order valence-electron chi connectivity index (χ3n) is 4.55. The summed E-state index contributed by atoms with van der Waals surface area (Å²) in [6.45, 7) is 15.7. The summed E-state index contributed by atoms with van der Waals surface area (Å²) < 4.78 is 5.28. The van der Waals surface area contributed by atoms with Gasteiger partial charge < -0.3 is 20.5 Å². The van der Waals surface area contributed by atoms with E-state index in [9.17, 15) is 19.5 Å². The van der Waals surface area contributed by atoms with Crippen molar-refractivity contribution in [2.24, 2.45) is 5.92 Å².